The van der Waals surface area contributed by atoms with Crippen molar-refractivity contribution in [3.8, 4) is 5.75 Å². The fourth-order valence-corrected chi connectivity index (χ4v) is 3.43. The van der Waals surface area contributed by atoms with Gasteiger partial charge in [0.2, 0.25) is 5.91 Å². The van der Waals surface area contributed by atoms with Crippen LogP contribution in [0.2, 0.25) is 0 Å². The lowest BCUT2D eigenvalue weighted by Gasteiger charge is -2.09. The second-order valence-corrected chi connectivity index (χ2v) is 7.14. The summed E-state index contributed by atoms with van der Waals surface area (Å²) in [6.07, 6.45) is 1.01. The normalized spacial score (nSPS) is 10.8. The SMILES string of the molecule is CCCn1c(=O)n(CCC(=O)Nc2cccc(OCC(=O)NCC)c2)c2ccccc21. The Hall–Kier alpha value is -3.55. The highest BCUT2D eigenvalue weighted by Crippen LogP contribution is 2.18. The molecule has 2 amide bonds. The Labute approximate surface area is 180 Å². The summed E-state index contributed by atoms with van der Waals surface area (Å²) in [5.74, 6) is 0.0765. The summed E-state index contributed by atoms with van der Waals surface area (Å²) in [4.78, 5) is 36.8. The van der Waals surface area contributed by atoms with E-state index in [2.05, 4.69) is 10.6 Å². The van der Waals surface area contributed by atoms with Crippen molar-refractivity contribution in [2.45, 2.75) is 39.8 Å². The van der Waals surface area contributed by atoms with Crippen molar-refractivity contribution < 1.29 is 14.3 Å². The number of fused-ring (bicyclic) bond motifs is 1. The molecule has 164 valence electrons. The summed E-state index contributed by atoms with van der Waals surface area (Å²) in [7, 11) is 0. The molecular formula is C23H28N4O4. The molecule has 0 unspecified atom stereocenters. The van der Waals surface area contributed by atoms with E-state index in [0.29, 0.717) is 24.5 Å². The molecule has 3 aromatic rings. The second kappa shape index (κ2) is 10.5. The zero-order valence-corrected chi connectivity index (χ0v) is 17.9. The van der Waals surface area contributed by atoms with Gasteiger partial charge in [-0.2, -0.15) is 0 Å². The van der Waals surface area contributed by atoms with Gasteiger partial charge in [-0.25, -0.2) is 4.79 Å². The number of hydrogen-bond acceptors (Lipinski definition) is 4. The molecule has 0 aliphatic heterocycles. The molecule has 1 heterocycles. The van der Waals surface area contributed by atoms with Crippen LogP contribution in [-0.2, 0) is 22.7 Å². The van der Waals surface area contributed by atoms with Crippen LogP contribution in [0, 0.1) is 0 Å². The first kappa shape index (κ1) is 22.1. The first-order valence-corrected chi connectivity index (χ1v) is 10.5. The van der Waals surface area contributed by atoms with Gasteiger partial charge >= 0.3 is 5.69 Å². The van der Waals surface area contributed by atoms with Crippen LogP contribution in [-0.4, -0.2) is 34.1 Å². The maximum Gasteiger partial charge on any atom is 0.329 e. The second-order valence-electron chi connectivity index (χ2n) is 7.14. The molecule has 2 aromatic carbocycles. The highest BCUT2D eigenvalue weighted by Gasteiger charge is 2.13. The lowest BCUT2D eigenvalue weighted by Crippen LogP contribution is -2.28. The maximum absolute atomic E-state index is 12.8. The number of aromatic nitrogens is 2. The first-order valence-electron chi connectivity index (χ1n) is 10.5. The van der Waals surface area contributed by atoms with Crippen molar-refractivity contribution in [2.24, 2.45) is 0 Å². The molecule has 0 radical (unpaired) electrons. The Morgan fingerprint density at radius 1 is 0.935 bits per heavy atom. The fraction of sp³-hybridized carbons (Fsp3) is 0.348. The van der Waals surface area contributed by atoms with E-state index in [9.17, 15) is 14.4 Å². The minimum atomic E-state index is -0.208. The third-order valence-electron chi connectivity index (χ3n) is 4.80. The molecule has 0 atom stereocenters. The van der Waals surface area contributed by atoms with Gasteiger partial charge in [0.05, 0.1) is 11.0 Å². The summed E-state index contributed by atoms with van der Waals surface area (Å²) in [6, 6.07) is 14.5. The molecule has 8 nitrogen and oxygen atoms in total. The maximum atomic E-state index is 12.8. The molecule has 0 saturated heterocycles. The summed E-state index contributed by atoms with van der Waals surface area (Å²) < 4.78 is 8.85. The molecule has 8 heteroatoms. The van der Waals surface area contributed by atoms with E-state index in [1.165, 1.54) is 0 Å². The molecule has 2 N–H and O–H groups in total. The van der Waals surface area contributed by atoms with E-state index < -0.39 is 0 Å². The lowest BCUT2D eigenvalue weighted by atomic mass is 10.2. The first-order chi connectivity index (χ1) is 15.0. The van der Waals surface area contributed by atoms with Gasteiger partial charge in [0.1, 0.15) is 5.75 Å². The fourth-order valence-electron chi connectivity index (χ4n) is 3.43. The quantitative estimate of drug-likeness (QED) is 0.523. The molecule has 0 spiro atoms. The molecular weight excluding hydrogens is 396 g/mol. The summed E-state index contributed by atoms with van der Waals surface area (Å²) in [5.41, 5.74) is 2.18. The van der Waals surface area contributed by atoms with Crippen molar-refractivity contribution in [2.75, 3.05) is 18.5 Å². The minimum absolute atomic E-state index is 0.0873. The Morgan fingerprint density at radius 2 is 1.65 bits per heavy atom. The lowest BCUT2D eigenvalue weighted by molar-refractivity contribution is -0.123. The highest BCUT2D eigenvalue weighted by molar-refractivity contribution is 5.91. The van der Waals surface area contributed by atoms with Gasteiger partial charge in [-0.15, -0.1) is 0 Å². The average Bonchev–Trinajstić information content (AvgIpc) is 3.03. The van der Waals surface area contributed by atoms with Gasteiger partial charge in [0, 0.05) is 37.8 Å². The topological polar surface area (TPSA) is 94.4 Å². The third kappa shape index (κ3) is 5.53. The molecule has 0 fully saturated rings. The van der Waals surface area contributed by atoms with Crippen LogP contribution >= 0.6 is 0 Å². The van der Waals surface area contributed by atoms with Crippen molar-refractivity contribution in [1.29, 1.82) is 0 Å². The number of anilines is 1. The monoisotopic (exact) mass is 424 g/mol. The van der Waals surface area contributed by atoms with E-state index in [0.717, 1.165) is 17.5 Å². The third-order valence-corrected chi connectivity index (χ3v) is 4.80. The Balaban J connectivity index is 1.64. The van der Waals surface area contributed by atoms with Crippen LogP contribution in [0.4, 0.5) is 5.69 Å². The number of para-hydroxylation sites is 2. The van der Waals surface area contributed by atoms with Crippen LogP contribution < -0.4 is 21.1 Å². The van der Waals surface area contributed by atoms with E-state index in [4.69, 9.17) is 4.74 Å². The van der Waals surface area contributed by atoms with Crippen LogP contribution in [0.1, 0.15) is 26.7 Å². The van der Waals surface area contributed by atoms with Gasteiger partial charge in [0.15, 0.2) is 6.61 Å². The number of rotatable bonds is 10. The Morgan fingerprint density at radius 3 is 2.32 bits per heavy atom. The predicted octanol–water partition coefficient (Wildman–Crippen LogP) is 2.76. The van der Waals surface area contributed by atoms with Crippen molar-refractivity contribution in [1.82, 2.24) is 14.5 Å². The standard InChI is InChI=1S/C23H28N4O4/c1-3-13-26-19-10-5-6-11-20(19)27(23(26)30)14-12-21(28)25-17-8-7-9-18(15-17)31-16-22(29)24-4-2/h5-11,15H,3-4,12-14,16H2,1-2H3,(H,24,29)(H,25,28). The number of likely N-dealkylation sites (N-methyl/N-ethyl adjacent to an activating group) is 1. The number of benzene rings is 2. The molecule has 0 aliphatic rings. The van der Waals surface area contributed by atoms with Crippen LogP contribution in [0.15, 0.2) is 53.3 Å². The summed E-state index contributed by atoms with van der Waals surface area (Å²) in [5, 5.41) is 5.48. The number of carbonyl (C=O) groups excluding carboxylic acids is 2. The average molecular weight is 425 g/mol. The zero-order chi connectivity index (χ0) is 22.2. The number of aryl methyl sites for hydroxylation is 2. The Kier molecular flexibility index (Phi) is 7.48. The van der Waals surface area contributed by atoms with Gasteiger partial charge < -0.3 is 15.4 Å². The van der Waals surface area contributed by atoms with Crippen molar-refractivity contribution >= 4 is 28.5 Å². The van der Waals surface area contributed by atoms with Crippen LogP contribution in [0.3, 0.4) is 0 Å². The highest BCUT2D eigenvalue weighted by atomic mass is 16.5. The molecule has 31 heavy (non-hydrogen) atoms. The largest absolute Gasteiger partial charge is 0.484 e. The number of amides is 2. The number of nitrogens with zero attached hydrogens (tertiary/aromatic N) is 2. The minimum Gasteiger partial charge on any atom is -0.484 e. The molecule has 0 bridgehead atoms. The van der Waals surface area contributed by atoms with E-state index in [1.54, 1.807) is 33.4 Å². The van der Waals surface area contributed by atoms with Gasteiger partial charge in [-0.3, -0.25) is 18.7 Å². The molecule has 0 saturated carbocycles. The van der Waals surface area contributed by atoms with E-state index in [-0.39, 0.29) is 37.1 Å². The molecule has 1 aromatic heterocycles. The van der Waals surface area contributed by atoms with Gasteiger partial charge in [0.25, 0.3) is 5.91 Å². The van der Waals surface area contributed by atoms with Gasteiger partial charge in [-0.05, 0) is 37.6 Å². The smallest absolute Gasteiger partial charge is 0.329 e. The number of carbonyl (C=O) groups is 2. The Bertz CT molecular complexity index is 1120. The van der Waals surface area contributed by atoms with Gasteiger partial charge in [-0.1, -0.05) is 25.1 Å². The van der Waals surface area contributed by atoms with Crippen molar-refractivity contribution in [3.05, 3.63) is 59.0 Å². The zero-order valence-electron chi connectivity index (χ0n) is 17.9. The van der Waals surface area contributed by atoms with Crippen LogP contribution in [0.25, 0.3) is 11.0 Å². The number of ether oxygens (including phenoxy) is 1. The molecule has 3 rings (SSSR count). The number of hydrogen-bond donors (Lipinski definition) is 2. The number of imidazole rings is 1. The van der Waals surface area contributed by atoms with E-state index >= 15 is 0 Å². The molecule has 0 aliphatic carbocycles. The van der Waals surface area contributed by atoms with Crippen LogP contribution in [0.5, 0.6) is 5.75 Å². The van der Waals surface area contributed by atoms with Crippen molar-refractivity contribution in [3.63, 3.8) is 0 Å². The number of nitrogens with one attached hydrogen (secondary N) is 2. The predicted molar refractivity (Wildman–Crippen MR) is 120 cm³/mol. The summed E-state index contributed by atoms with van der Waals surface area (Å²) in [6.45, 7) is 5.25. The summed E-state index contributed by atoms with van der Waals surface area (Å²) >= 11 is 0. The van der Waals surface area contributed by atoms with E-state index in [1.807, 2.05) is 38.1 Å².